The largest absolute Gasteiger partial charge is 0.573 e. The number of anilines is 1. The number of carbonyl (C=O) groups excluding carboxylic acids is 2. The minimum atomic E-state index is -4.88. The minimum Gasteiger partial charge on any atom is -0.444 e. The average molecular weight is 586 g/mol. The summed E-state index contributed by atoms with van der Waals surface area (Å²) in [5.74, 6) is -0.500. The van der Waals surface area contributed by atoms with Crippen LogP contribution in [0.5, 0.6) is 5.75 Å². The molecule has 0 aliphatic carbocycles. The Morgan fingerprint density at radius 3 is 2.17 bits per heavy atom. The van der Waals surface area contributed by atoms with E-state index in [1.54, 1.807) is 9.80 Å². The molecule has 3 amide bonds. The Hall–Kier alpha value is -1.92. The number of piperazine rings is 1. The maximum atomic E-state index is 12.7. The summed E-state index contributed by atoms with van der Waals surface area (Å²) in [6.45, 7) is 8.97. The van der Waals surface area contributed by atoms with E-state index in [9.17, 15) is 22.8 Å². The molecule has 2 heterocycles. The van der Waals surface area contributed by atoms with Gasteiger partial charge in [0.2, 0.25) is 0 Å². The lowest BCUT2D eigenvalue weighted by molar-refractivity contribution is -0.274. The number of nitrogens with zero attached hydrogens (tertiary/aromatic N) is 3. The fourth-order valence-corrected chi connectivity index (χ4v) is 4.82. The molecule has 0 bridgehead atoms. The molecule has 3 rings (SSSR count). The summed E-state index contributed by atoms with van der Waals surface area (Å²) in [5, 5.41) is 2.65. The molecule has 196 valence electrons. The fourth-order valence-electron chi connectivity index (χ4n) is 4.05. The fraction of sp³-hybridized carbons (Fsp3) is 0.636. The number of hydrogen-bond acceptors (Lipinski definition) is 5. The number of hydrogen-bond donors (Lipinski definition) is 1. The number of piperidine rings is 1. The first kappa shape index (κ1) is 27.7. The second-order valence-corrected chi connectivity index (χ2v) is 10.7. The monoisotopic (exact) mass is 584 g/mol. The van der Waals surface area contributed by atoms with Crippen LogP contribution in [0.3, 0.4) is 0 Å². The number of benzene rings is 1. The Morgan fingerprint density at radius 2 is 1.63 bits per heavy atom. The summed E-state index contributed by atoms with van der Waals surface area (Å²) in [6.07, 6.45) is -3.53. The zero-order valence-electron chi connectivity index (χ0n) is 19.8. The van der Waals surface area contributed by atoms with Gasteiger partial charge in [-0.3, -0.25) is 4.90 Å². The van der Waals surface area contributed by atoms with Crippen LogP contribution in [0.15, 0.2) is 16.6 Å². The number of nitrogens with one attached hydrogen (secondary N) is 1. The molecule has 0 radical (unpaired) electrons. The first-order valence-electron chi connectivity index (χ1n) is 11.2. The van der Waals surface area contributed by atoms with Gasteiger partial charge < -0.3 is 24.6 Å². The normalized spacial score (nSPS) is 18.4. The van der Waals surface area contributed by atoms with Gasteiger partial charge in [-0.25, -0.2) is 9.59 Å². The molecule has 8 nitrogen and oxygen atoms in total. The molecule has 35 heavy (non-hydrogen) atoms. The first-order valence-corrected chi connectivity index (χ1v) is 12.4. The van der Waals surface area contributed by atoms with Crippen LogP contribution in [0, 0.1) is 0 Å². The van der Waals surface area contributed by atoms with Gasteiger partial charge in [-0.2, -0.15) is 0 Å². The van der Waals surface area contributed by atoms with Crippen LogP contribution in [-0.4, -0.2) is 84.1 Å². The van der Waals surface area contributed by atoms with E-state index >= 15 is 0 Å². The molecule has 13 heteroatoms. The van der Waals surface area contributed by atoms with Crippen molar-refractivity contribution in [2.75, 3.05) is 44.6 Å². The summed E-state index contributed by atoms with van der Waals surface area (Å²) in [6, 6.07) is 2.13. The topological polar surface area (TPSA) is 74.4 Å². The molecule has 2 aliphatic rings. The van der Waals surface area contributed by atoms with Crippen molar-refractivity contribution in [2.24, 2.45) is 0 Å². The van der Waals surface area contributed by atoms with Crippen molar-refractivity contribution in [3.63, 3.8) is 0 Å². The molecule has 1 aromatic carbocycles. The van der Waals surface area contributed by atoms with E-state index in [0.717, 1.165) is 18.9 Å². The molecule has 0 aromatic heterocycles. The number of likely N-dealkylation sites (tertiary alicyclic amines) is 1. The summed E-state index contributed by atoms with van der Waals surface area (Å²) in [7, 11) is 0. The zero-order chi connectivity index (χ0) is 26.0. The number of rotatable bonds is 3. The van der Waals surface area contributed by atoms with Crippen molar-refractivity contribution in [3.8, 4) is 5.75 Å². The zero-order valence-corrected chi connectivity index (χ0v) is 22.1. The highest BCUT2D eigenvalue weighted by atomic mass is 79.9. The van der Waals surface area contributed by atoms with Gasteiger partial charge in [0.1, 0.15) is 11.4 Å². The number of halogens is 5. The SMILES string of the molecule is CC(C)(C)OC(=O)N1CCC(N2CCN(C(=O)Nc3cc(OC(F)(F)F)c(Br)cc3Cl)CC2)CC1. The smallest absolute Gasteiger partial charge is 0.444 e. The van der Waals surface area contributed by atoms with Gasteiger partial charge in [0, 0.05) is 51.4 Å². The third-order valence-corrected chi connectivity index (χ3v) is 6.66. The lowest BCUT2D eigenvalue weighted by Crippen LogP contribution is -2.55. The van der Waals surface area contributed by atoms with Gasteiger partial charge >= 0.3 is 18.5 Å². The summed E-state index contributed by atoms with van der Waals surface area (Å²) < 4.78 is 47.3. The maximum Gasteiger partial charge on any atom is 0.573 e. The molecular weight excluding hydrogens is 557 g/mol. The molecule has 1 N–H and O–H groups in total. The van der Waals surface area contributed by atoms with E-state index in [0.29, 0.717) is 45.3 Å². The molecule has 0 spiro atoms. The number of ether oxygens (including phenoxy) is 2. The Bertz CT molecular complexity index is 929. The molecule has 0 unspecified atom stereocenters. The maximum absolute atomic E-state index is 12.7. The second kappa shape index (κ2) is 11.0. The molecule has 0 atom stereocenters. The van der Waals surface area contributed by atoms with Gasteiger partial charge in [0.25, 0.3) is 0 Å². The molecule has 2 saturated heterocycles. The highest BCUT2D eigenvalue weighted by molar-refractivity contribution is 9.10. The van der Waals surface area contributed by atoms with Gasteiger partial charge in [0.05, 0.1) is 15.2 Å². The lowest BCUT2D eigenvalue weighted by Gasteiger charge is -2.42. The van der Waals surface area contributed by atoms with Gasteiger partial charge in [-0.1, -0.05) is 11.6 Å². The highest BCUT2D eigenvalue weighted by Crippen LogP contribution is 2.37. The Balaban J connectivity index is 1.50. The number of urea groups is 1. The van der Waals surface area contributed by atoms with Crippen LogP contribution >= 0.6 is 27.5 Å². The molecule has 0 saturated carbocycles. The quantitative estimate of drug-likeness (QED) is 0.504. The van der Waals surface area contributed by atoms with Crippen molar-refractivity contribution in [3.05, 3.63) is 21.6 Å². The van der Waals surface area contributed by atoms with Gasteiger partial charge in [-0.15, -0.1) is 13.2 Å². The summed E-state index contributed by atoms with van der Waals surface area (Å²) in [4.78, 5) is 30.6. The van der Waals surface area contributed by atoms with Crippen molar-refractivity contribution in [1.82, 2.24) is 14.7 Å². The number of carbonyl (C=O) groups is 2. The van der Waals surface area contributed by atoms with Crippen LogP contribution in [0.4, 0.5) is 28.4 Å². The first-order chi connectivity index (χ1) is 16.2. The van der Waals surface area contributed by atoms with Gasteiger partial charge in [-0.05, 0) is 55.6 Å². The molecular formula is C22H29BrClF3N4O4. The molecule has 2 aliphatic heterocycles. The van der Waals surface area contributed by atoms with Crippen molar-refractivity contribution in [1.29, 1.82) is 0 Å². The van der Waals surface area contributed by atoms with E-state index < -0.39 is 23.7 Å². The van der Waals surface area contributed by atoms with Crippen LogP contribution in [-0.2, 0) is 4.74 Å². The van der Waals surface area contributed by atoms with Crippen molar-refractivity contribution >= 4 is 45.3 Å². The average Bonchev–Trinajstić information content (AvgIpc) is 2.75. The van der Waals surface area contributed by atoms with Crippen LogP contribution in [0.1, 0.15) is 33.6 Å². The van der Waals surface area contributed by atoms with Crippen LogP contribution < -0.4 is 10.1 Å². The van der Waals surface area contributed by atoms with Crippen molar-refractivity contribution in [2.45, 2.75) is 51.6 Å². The Morgan fingerprint density at radius 1 is 1.03 bits per heavy atom. The highest BCUT2D eigenvalue weighted by Gasteiger charge is 2.34. The van der Waals surface area contributed by atoms with Crippen LogP contribution in [0.25, 0.3) is 0 Å². The predicted octanol–water partition coefficient (Wildman–Crippen LogP) is 5.55. The van der Waals surface area contributed by atoms with E-state index in [2.05, 4.69) is 30.9 Å². The minimum absolute atomic E-state index is 0.0177. The predicted molar refractivity (Wildman–Crippen MR) is 129 cm³/mol. The lowest BCUT2D eigenvalue weighted by atomic mass is 10.0. The summed E-state index contributed by atoms with van der Waals surface area (Å²) >= 11 is 9.08. The van der Waals surface area contributed by atoms with E-state index in [1.165, 1.54) is 6.07 Å². The molecule has 1 aromatic rings. The number of amides is 3. The second-order valence-electron chi connectivity index (χ2n) is 9.46. The van der Waals surface area contributed by atoms with Gasteiger partial charge in [0.15, 0.2) is 0 Å². The van der Waals surface area contributed by atoms with Crippen LogP contribution in [0.2, 0.25) is 5.02 Å². The third kappa shape index (κ3) is 8.04. The molecule has 2 fully saturated rings. The Kier molecular flexibility index (Phi) is 8.69. The standard InChI is InChI=1S/C22H29BrClF3N4O4/c1-21(2,3)35-20(33)31-6-4-14(5-7-31)29-8-10-30(11-9-29)19(32)28-17-13-18(34-22(25,26)27)15(23)12-16(17)24/h12-14H,4-11H2,1-3H3,(H,28,32). The van der Waals surface area contributed by atoms with Crippen molar-refractivity contribution < 1.29 is 32.2 Å². The van der Waals surface area contributed by atoms with E-state index in [4.69, 9.17) is 16.3 Å². The number of alkyl halides is 3. The summed E-state index contributed by atoms with van der Waals surface area (Å²) in [5.41, 5.74) is -0.505. The van der Waals surface area contributed by atoms with E-state index in [-0.39, 0.29) is 21.3 Å². The third-order valence-electron chi connectivity index (χ3n) is 5.72. The Labute approximate surface area is 215 Å². The van der Waals surface area contributed by atoms with E-state index in [1.807, 2.05) is 20.8 Å².